The smallest absolute Gasteiger partial charge is 0.451 e. The van der Waals surface area contributed by atoms with Crippen molar-refractivity contribution >= 4 is 24.5 Å². The van der Waals surface area contributed by atoms with Gasteiger partial charge in [0.15, 0.2) is 0 Å². The number of carboxylic acid groups (broad SMARTS) is 1. The van der Waals surface area contributed by atoms with Gasteiger partial charge in [-0.05, 0) is 25.6 Å². The van der Waals surface area contributed by atoms with Crippen LogP contribution >= 0.6 is 0 Å². The van der Waals surface area contributed by atoms with Crippen molar-refractivity contribution in [2.75, 3.05) is 29.9 Å². The molecule has 2 aliphatic rings. The van der Waals surface area contributed by atoms with E-state index in [2.05, 4.69) is 0 Å². The molecule has 1 aromatic rings. The van der Waals surface area contributed by atoms with E-state index >= 15 is 0 Å². The Hall–Kier alpha value is -1.91. The van der Waals surface area contributed by atoms with Crippen LogP contribution in [0.2, 0.25) is 6.32 Å². The molecule has 1 heterocycles. The molecule has 154 valence electrons. The highest BCUT2D eigenvalue weighted by molar-refractivity contribution is 6.40. The van der Waals surface area contributed by atoms with Crippen LogP contribution in [0.5, 0.6) is 0 Å². The van der Waals surface area contributed by atoms with Gasteiger partial charge in [-0.2, -0.15) is 0 Å². The monoisotopic (exact) mass is 393 g/mol. The van der Waals surface area contributed by atoms with Gasteiger partial charge in [0.2, 0.25) is 0 Å². The first-order valence-corrected chi connectivity index (χ1v) is 9.86. The van der Waals surface area contributed by atoms with Crippen LogP contribution in [0.4, 0.5) is 11.4 Å². The number of anilines is 2. The maximum atomic E-state index is 12.3. The molecular formula is C18H28BN3O6. The van der Waals surface area contributed by atoms with E-state index in [0.29, 0.717) is 18.5 Å². The molecule has 1 saturated heterocycles. The standard InChI is InChI=1S/C18H28BN3O6/c1-21(12-6-2-3-7-12)13-14(16(24)15(13)23)22-9-11(5-4-8-19(27)28)18(20,10-22)17(25)26/h11-12,27-28H,2-10,20H2,1H3,(H,25,26)/t11-,18-/m0/s1. The van der Waals surface area contributed by atoms with Gasteiger partial charge in [0, 0.05) is 32.1 Å². The molecule has 1 saturated carbocycles. The second-order valence-electron chi connectivity index (χ2n) is 8.24. The summed E-state index contributed by atoms with van der Waals surface area (Å²) in [7, 11) is 0.369. The fraction of sp³-hybridized carbons (Fsp3) is 0.722. The van der Waals surface area contributed by atoms with Crippen molar-refractivity contribution in [1.82, 2.24) is 0 Å². The lowest BCUT2D eigenvalue weighted by atomic mass is 9.78. The van der Waals surface area contributed by atoms with Gasteiger partial charge in [0.05, 0.1) is 0 Å². The van der Waals surface area contributed by atoms with E-state index < -0.39 is 35.4 Å². The van der Waals surface area contributed by atoms with Gasteiger partial charge < -0.3 is 30.7 Å². The number of carboxylic acids is 1. The summed E-state index contributed by atoms with van der Waals surface area (Å²) in [6.07, 6.45) is 5.04. The van der Waals surface area contributed by atoms with Crippen LogP contribution in [-0.4, -0.2) is 60.0 Å². The molecule has 5 N–H and O–H groups in total. The minimum absolute atomic E-state index is 0.0506. The van der Waals surface area contributed by atoms with Crippen molar-refractivity contribution in [3.05, 3.63) is 20.4 Å². The largest absolute Gasteiger partial charge is 0.480 e. The first-order chi connectivity index (χ1) is 13.2. The van der Waals surface area contributed by atoms with E-state index in [1.54, 1.807) is 4.90 Å². The molecule has 1 aliphatic heterocycles. The maximum Gasteiger partial charge on any atom is 0.451 e. The van der Waals surface area contributed by atoms with Crippen molar-refractivity contribution < 1.29 is 19.9 Å². The molecular weight excluding hydrogens is 365 g/mol. The third-order valence-corrected chi connectivity index (χ3v) is 6.44. The Morgan fingerprint density at radius 2 is 1.93 bits per heavy atom. The molecule has 2 atom stereocenters. The summed E-state index contributed by atoms with van der Waals surface area (Å²) in [5.74, 6) is -1.62. The van der Waals surface area contributed by atoms with Crippen LogP contribution in [0.15, 0.2) is 9.59 Å². The van der Waals surface area contributed by atoms with Gasteiger partial charge in [0.25, 0.3) is 10.9 Å². The van der Waals surface area contributed by atoms with E-state index in [1.807, 2.05) is 11.9 Å². The van der Waals surface area contributed by atoms with Crippen LogP contribution < -0.4 is 26.4 Å². The Morgan fingerprint density at radius 1 is 1.29 bits per heavy atom. The van der Waals surface area contributed by atoms with Gasteiger partial charge in [-0.25, -0.2) is 0 Å². The first kappa shape index (κ1) is 20.8. The summed E-state index contributed by atoms with van der Waals surface area (Å²) in [5.41, 5.74) is 4.19. The maximum absolute atomic E-state index is 12.3. The number of aliphatic carboxylic acids is 1. The molecule has 1 aliphatic carbocycles. The minimum atomic E-state index is -1.55. The normalized spacial score (nSPS) is 25.6. The van der Waals surface area contributed by atoms with Gasteiger partial charge in [-0.3, -0.25) is 14.4 Å². The number of hydrogen-bond donors (Lipinski definition) is 4. The zero-order chi connectivity index (χ0) is 20.6. The summed E-state index contributed by atoms with van der Waals surface area (Å²) < 4.78 is 0. The topological polar surface area (TPSA) is 144 Å². The van der Waals surface area contributed by atoms with Crippen molar-refractivity contribution in [2.24, 2.45) is 11.7 Å². The van der Waals surface area contributed by atoms with E-state index in [-0.39, 0.29) is 31.1 Å². The Labute approximate surface area is 163 Å². The highest BCUT2D eigenvalue weighted by atomic mass is 16.4. The zero-order valence-corrected chi connectivity index (χ0v) is 16.1. The van der Waals surface area contributed by atoms with E-state index in [0.717, 1.165) is 25.7 Å². The Bertz CT molecular complexity index is 802. The molecule has 0 aromatic heterocycles. The van der Waals surface area contributed by atoms with Crippen molar-refractivity contribution in [2.45, 2.75) is 56.4 Å². The second kappa shape index (κ2) is 7.84. The molecule has 0 unspecified atom stereocenters. The molecule has 0 spiro atoms. The number of nitrogens with zero attached hydrogens (tertiary/aromatic N) is 2. The number of nitrogens with two attached hydrogens (primary N) is 1. The Balaban J connectivity index is 1.82. The molecule has 28 heavy (non-hydrogen) atoms. The van der Waals surface area contributed by atoms with Gasteiger partial charge in [-0.1, -0.05) is 19.3 Å². The fourth-order valence-electron chi connectivity index (χ4n) is 4.71. The van der Waals surface area contributed by atoms with Crippen molar-refractivity contribution in [3.8, 4) is 0 Å². The van der Waals surface area contributed by atoms with Crippen LogP contribution in [0, 0.1) is 5.92 Å². The van der Waals surface area contributed by atoms with Gasteiger partial charge in [-0.15, -0.1) is 0 Å². The summed E-state index contributed by atoms with van der Waals surface area (Å²) in [6, 6.07) is 0.216. The van der Waals surface area contributed by atoms with E-state index in [9.17, 15) is 19.5 Å². The van der Waals surface area contributed by atoms with Crippen molar-refractivity contribution in [3.63, 3.8) is 0 Å². The van der Waals surface area contributed by atoms with Gasteiger partial charge >= 0.3 is 13.1 Å². The number of rotatable bonds is 8. The summed E-state index contributed by atoms with van der Waals surface area (Å²) in [4.78, 5) is 40.0. The van der Waals surface area contributed by atoms with Crippen LogP contribution in [0.25, 0.3) is 0 Å². The predicted octanol–water partition coefficient (Wildman–Crippen LogP) is -0.867. The van der Waals surface area contributed by atoms with E-state index in [4.69, 9.17) is 15.8 Å². The molecule has 3 rings (SSSR count). The lowest BCUT2D eigenvalue weighted by Gasteiger charge is -2.32. The fourth-order valence-corrected chi connectivity index (χ4v) is 4.71. The van der Waals surface area contributed by atoms with Crippen LogP contribution in [-0.2, 0) is 4.79 Å². The minimum Gasteiger partial charge on any atom is -0.480 e. The zero-order valence-electron chi connectivity index (χ0n) is 16.1. The third kappa shape index (κ3) is 3.56. The molecule has 0 radical (unpaired) electrons. The predicted molar refractivity (Wildman–Crippen MR) is 107 cm³/mol. The number of carbonyl (C=O) groups is 1. The average molecular weight is 393 g/mol. The molecule has 10 heteroatoms. The first-order valence-electron chi connectivity index (χ1n) is 9.86. The number of hydrogen-bond acceptors (Lipinski definition) is 8. The molecule has 2 fully saturated rings. The molecule has 9 nitrogen and oxygen atoms in total. The average Bonchev–Trinajstić information content (AvgIpc) is 3.27. The van der Waals surface area contributed by atoms with Crippen LogP contribution in [0.3, 0.4) is 0 Å². The summed E-state index contributed by atoms with van der Waals surface area (Å²) >= 11 is 0. The van der Waals surface area contributed by atoms with Crippen molar-refractivity contribution in [1.29, 1.82) is 0 Å². The Morgan fingerprint density at radius 3 is 2.50 bits per heavy atom. The van der Waals surface area contributed by atoms with E-state index in [1.165, 1.54) is 0 Å². The molecule has 0 bridgehead atoms. The molecule has 1 aromatic carbocycles. The van der Waals surface area contributed by atoms with Crippen LogP contribution in [0.1, 0.15) is 38.5 Å². The third-order valence-electron chi connectivity index (χ3n) is 6.44. The lowest BCUT2D eigenvalue weighted by Crippen LogP contribution is -2.55. The summed E-state index contributed by atoms with van der Waals surface area (Å²) in [6.45, 7) is 0.200. The highest BCUT2D eigenvalue weighted by Crippen LogP contribution is 2.37. The summed E-state index contributed by atoms with van der Waals surface area (Å²) in [5, 5.41) is 27.7. The molecule has 0 amide bonds. The quantitative estimate of drug-likeness (QED) is 0.327. The SMILES string of the molecule is CN(c1c(N2C[C@H](CCCB(O)O)[C@](N)(C(=O)O)C2)c(=O)c1=O)C1CCCC1. The second-order valence-corrected chi connectivity index (χ2v) is 8.24. The lowest BCUT2D eigenvalue weighted by molar-refractivity contribution is -0.144. The Kier molecular flexibility index (Phi) is 5.83. The highest BCUT2D eigenvalue weighted by Gasteiger charge is 2.51. The van der Waals surface area contributed by atoms with Gasteiger partial charge in [0.1, 0.15) is 16.9 Å².